The first kappa shape index (κ1) is 31.3. The van der Waals surface area contributed by atoms with E-state index in [1.165, 1.54) is 6.20 Å². The second-order valence-corrected chi connectivity index (χ2v) is 14.5. The van der Waals surface area contributed by atoms with Crippen LogP contribution in [-0.2, 0) is 4.74 Å². The van der Waals surface area contributed by atoms with Crippen LogP contribution in [0.4, 0.5) is 19.0 Å². The number of nitriles is 1. The van der Waals surface area contributed by atoms with E-state index >= 15 is 8.78 Å². The van der Waals surface area contributed by atoms with Gasteiger partial charge >= 0.3 is 6.01 Å². The third-order valence-electron chi connectivity index (χ3n) is 10.00. The van der Waals surface area contributed by atoms with Crippen LogP contribution < -0.4 is 15.4 Å². The highest BCUT2D eigenvalue weighted by molar-refractivity contribution is 8.04. The van der Waals surface area contributed by atoms with Gasteiger partial charge in [0.15, 0.2) is 5.82 Å². The van der Waals surface area contributed by atoms with E-state index < -0.39 is 28.6 Å². The molecule has 0 amide bonds. The second-order valence-electron chi connectivity index (χ2n) is 13.3. The van der Waals surface area contributed by atoms with E-state index in [0.29, 0.717) is 43.1 Å². The summed E-state index contributed by atoms with van der Waals surface area (Å²) in [6.45, 7) is 8.47. The number of fused-ring (bicyclic) bond motifs is 2. The highest BCUT2D eigenvalue weighted by atomic mass is 32.2. The maximum Gasteiger partial charge on any atom is 0.319 e. The van der Waals surface area contributed by atoms with Crippen molar-refractivity contribution < 1.29 is 22.6 Å². The van der Waals surface area contributed by atoms with E-state index in [2.05, 4.69) is 33.6 Å². The fraction of sp³-hybridized carbons (Fsp3) is 0.576. The molecule has 7 rings (SSSR count). The van der Waals surface area contributed by atoms with Crippen molar-refractivity contribution in [1.29, 1.82) is 5.26 Å². The summed E-state index contributed by atoms with van der Waals surface area (Å²) in [6.07, 6.45) is 8.32. The fourth-order valence-electron chi connectivity index (χ4n) is 7.17. The van der Waals surface area contributed by atoms with Crippen LogP contribution in [-0.4, -0.2) is 76.6 Å². The zero-order valence-electron chi connectivity index (χ0n) is 26.1. The average molecular weight is 654 g/mol. The summed E-state index contributed by atoms with van der Waals surface area (Å²) >= 11 is 0.931. The molecule has 2 aliphatic carbocycles. The van der Waals surface area contributed by atoms with Gasteiger partial charge in [-0.15, -0.1) is 0 Å². The topological polar surface area (TPSA) is 113 Å². The Labute approximate surface area is 270 Å². The van der Waals surface area contributed by atoms with Gasteiger partial charge in [-0.25, -0.2) is 13.2 Å². The Morgan fingerprint density at radius 1 is 1.11 bits per heavy atom. The van der Waals surface area contributed by atoms with Crippen LogP contribution in [0, 0.1) is 28.5 Å². The Morgan fingerprint density at radius 3 is 2.50 bits per heavy atom. The monoisotopic (exact) mass is 653 g/mol. The number of nitrogens with two attached hydrogens (primary N) is 1. The standard InChI is InChI=1S/C33H38F3N7O2S/c1-18-14-44-15-19(2)43(18)16-33(7-8-33)17-45-32-40-27-21(31(41-32)42-9-5-3-4-6-10-42)13-39-28(26(27)36)25-22(34)11-23(35)29-24(25)20(12-37)30(38)46-29/h11,13,18-19,24,29H,3-10,14-17,38H2,1-2H3/t18-,19+,24?,29?. The Balaban J connectivity index is 1.27. The molecule has 5 aliphatic rings. The molecule has 2 N–H and O–H groups in total. The number of hydrogen-bond donors (Lipinski definition) is 1. The minimum Gasteiger partial charge on any atom is -0.463 e. The largest absolute Gasteiger partial charge is 0.463 e. The normalized spacial score (nSPS) is 28.2. The number of anilines is 1. The lowest BCUT2D eigenvalue weighted by Gasteiger charge is -2.40. The summed E-state index contributed by atoms with van der Waals surface area (Å²) in [5, 5.41) is 9.31. The summed E-state index contributed by atoms with van der Waals surface area (Å²) in [5.74, 6) is -3.21. The predicted molar refractivity (Wildman–Crippen MR) is 170 cm³/mol. The Bertz CT molecular complexity index is 1670. The van der Waals surface area contributed by atoms with Crippen molar-refractivity contribution >= 4 is 34.1 Å². The van der Waals surface area contributed by atoms with Gasteiger partial charge < -0.3 is 20.1 Å². The van der Waals surface area contributed by atoms with Crippen molar-refractivity contribution in [2.45, 2.75) is 69.7 Å². The summed E-state index contributed by atoms with van der Waals surface area (Å²) in [6, 6.07) is 2.63. The van der Waals surface area contributed by atoms with E-state index in [1.807, 2.05) is 6.07 Å². The maximum atomic E-state index is 16.7. The molecule has 0 aromatic carbocycles. The number of nitrogens with zero attached hydrogens (tertiary/aromatic N) is 6. The van der Waals surface area contributed by atoms with Crippen LogP contribution in [0.3, 0.4) is 0 Å². The highest BCUT2D eigenvalue weighted by Crippen LogP contribution is 2.53. The van der Waals surface area contributed by atoms with Crippen molar-refractivity contribution in [2.24, 2.45) is 17.1 Å². The summed E-state index contributed by atoms with van der Waals surface area (Å²) in [7, 11) is 0. The van der Waals surface area contributed by atoms with Crippen molar-refractivity contribution in [2.75, 3.05) is 44.4 Å². The quantitative estimate of drug-likeness (QED) is 0.394. The third-order valence-corrected chi connectivity index (χ3v) is 11.2. The molecule has 1 saturated carbocycles. The third kappa shape index (κ3) is 5.62. The second kappa shape index (κ2) is 12.4. The van der Waals surface area contributed by atoms with Gasteiger partial charge in [-0.2, -0.15) is 15.2 Å². The molecule has 0 radical (unpaired) electrons. The number of aromatic nitrogens is 3. The molecule has 5 heterocycles. The van der Waals surface area contributed by atoms with E-state index in [4.69, 9.17) is 20.2 Å². The average Bonchev–Trinajstić information content (AvgIpc) is 3.79. The van der Waals surface area contributed by atoms with Gasteiger partial charge in [0.1, 0.15) is 28.7 Å². The number of allylic oxidation sites excluding steroid dienone is 4. The minimum atomic E-state index is -1.11. The predicted octanol–water partition coefficient (Wildman–Crippen LogP) is 5.79. The molecular weight excluding hydrogens is 615 g/mol. The molecule has 2 aromatic rings. The van der Waals surface area contributed by atoms with Crippen LogP contribution in [0.15, 0.2) is 34.5 Å². The molecular formula is C33H38F3N7O2S. The summed E-state index contributed by atoms with van der Waals surface area (Å²) < 4.78 is 59.1. The van der Waals surface area contributed by atoms with Gasteiger partial charge in [0, 0.05) is 60.9 Å². The van der Waals surface area contributed by atoms with Crippen LogP contribution in [0.1, 0.15) is 58.1 Å². The van der Waals surface area contributed by atoms with E-state index in [1.54, 1.807) is 0 Å². The van der Waals surface area contributed by atoms with Crippen LogP contribution in [0.5, 0.6) is 6.01 Å². The number of pyridine rings is 1. The van der Waals surface area contributed by atoms with Gasteiger partial charge in [-0.3, -0.25) is 9.88 Å². The number of morpholine rings is 1. The SMILES string of the molecule is C[C@@H]1COC[C@H](C)N1CC1(COc2nc(N3CCCCCC3)c3cnc(C4=C(F)C=C(F)C5SC(N)=C(C#N)C45)c(F)c3n2)CC1. The molecule has 9 nitrogen and oxygen atoms in total. The van der Waals surface area contributed by atoms with Crippen molar-refractivity contribution in [1.82, 2.24) is 19.9 Å². The van der Waals surface area contributed by atoms with Crippen molar-refractivity contribution in [3.05, 3.63) is 46.0 Å². The molecule has 0 spiro atoms. The van der Waals surface area contributed by atoms with Crippen molar-refractivity contribution in [3.63, 3.8) is 0 Å². The van der Waals surface area contributed by atoms with E-state index in [-0.39, 0.29) is 38.8 Å². The smallest absolute Gasteiger partial charge is 0.319 e. The molecule has 3 aliphatic heterocycles. The Kier molecular flexibility index (Phi) is 8.40. The molecule has 2 unspecified atom stereocenters. The fourth-order valence-corrected chi connectivity index (χ4v) is 8.33. The Morgan fingerprint density at radius 2 is 1.83 bits per heavy atom. The number of thioether (sulfide) groups is 1. The highest BCUT2D eigenvalue weighted by Gasteiger charge is 2.48. The molecule has 4 atom stereocenters. The van der Waals surface area contributed by atoms with Crippen LogP contribution >= 0.6 is 11.8 Å². The molecule has 244 valence electrons. The lowest BCUT2D eigenvalue weighted by molar-refractivity contribution is -0.0483. The lowest BCUT2D eigenvalue weighted by atomic mass is 9.82. The maximum absolute atomic E-state index is 16.7. The van der Waals surface area contributed by atoms with E-state index in [9.17, 15) is 9.65 Å². The Hall–Kier alpha value is -3.34. The zero-order chi connectivity index (χ0) is 32.2. The molecule has 3 fully saturated rings. The van der Waals surface area contributed by atoms with Gasteiger partial charge in [-0.05, 0) is 39.5 Å². The first-order chi connectivity index (χ1) is 22.2. The van der Waals surface area contributed by atoms with Crippen molar-refractivity contribution in [3.8, 4) is 12.1 Å². The number of halogens is 3. The number of rotatable bonds is 7. The zero-order valence-corrected chi connectivity index (χ0v) is 26.9. The van der Waals surface area contributed by atoms with E-state index in [0.717, 1.165) is 76.0 Å². The van der Waals surface area contributed by atoms with Gasteiger partial charge in [0.2, 0.25) is 0 Å². The molecule has 0 bridgehead atoms. The molecule has 46 heavy (non-hydrogen) atoms. The molecule has 2 aromatic heterocycles. The minimum absolute atomic E-state index is 0.000277. The van der Waals surface area contributed by atoms with Gasteiger partial charge in [-0.1, -0.05) is 24.6 Å². The lowest BCUT2D eigenvalue weighted by Crippen LogP contribution is -2.52. The first-order valence-electron chi connectivity index (χ1n) is 16.1. The van der Waals surface area contributed by atoms with Crippen LogP contribution in [0.25, 0.3) is 16.5 Å². The number of hydrogen-bond acceptors (Lipinski definition) is 10. The number of ether oxygens (including phenoxy) is 2. The van der Waals surface area contributed by atoms with Crippen LogP contribution in [0.2, 0.25) is 0 Å². The summed E-state index contributed by atoms with van der Waals surface area (Å²) in [4.78, 5) is 18.3. The first-order valence-corrected chi connectivity index (χ1v) is 17.0. The van der Waals surface area contributed by atoms with Gasteiger partial charge in [0.05, 0.1) is 47.1 Å². The summed E-state index contributed by atoms with van der Waals surface area (Å²) in [5.41, 5.74) is 5.38. The molecule has 13 heteroatoms. The van der Waals surface area contributed by atoms with Gasteiger partial charge in [0.25, 0.3) is 0 Å². The molecule has 2 saturated heterocycles.